The molecule has 0 aliphatic carbocycles. The topological polar surface area (TPSA) is 61.8 Å². The third kappa shape index (κ3) is 5.53. The number of phenols is 1. The minimum atomic E-state index is -0.0583. The molecule has 1 aromatic rings. The van der Waals surface area contributed by atoms with E-state index in [1.165, 1.54) is 0 Å². The summed E-state index contributed by atoms with van der Waals surface area (Å²) in [6.45, 7) is 8.22. The number of aromatic hydroxyl groups is 1. The van der Waals surface area contributed by atoms with Crippen LogP contribution in [0.15, 0.2) is 18.2 Å². The van der Waals surface area contributed by atoms with Crippen molar-refractivity contribution in [2.45, 2.75) is 40.2 Å². The highest BCUT2D eigenvalue weighted by atomic mass is 16.5. The minimum absolute atomic E-state index is 0.0583. The average Bonchev–Trinajstić information content (AvgIpc) is 2.48. The fraction of sp³-hybridized carbons (Fsp3) is 0.562. The van der Waals surface area contributed by atoms with Gasteiger partial charge in [0.25, 0.3) is 0 Å². The van der Waals surface area contributed by atoms with Crippen molar-refractivity contribution < 1.29 is 14.6 Å². The normalized spacial score (nSPS) is 10.2. The van der Waals surface area contributed by atoms with Crippen molar-refractivity contribution in [2.75, 3.05) is 19.7 Å². The SMILES string of the molecule is CCCCNC(=O)N(CC)Cc1ccc(O)c(OCC)c1. The summed E-state index contributed by atoms with van der Waals surface area (Å²) in [5.74, 6) is 0.577. The number of nitrogens with one attached hydrogen (secondary N) is 1. The van der Waals surface area contributed by atoms with Crippen LogP contribution in [0.1, 0.15) is 39.2 Å². The molecule has 0 aliphatic rings. The third-order valence-electron chi connectivity index (χ3n) is 3.17. The molecule has 0 heterocycles. The van der Waals surface area contributed by atoms with Gasteiger partial charge in [0.1, 0.15) is 0 Å². The van der Waals surface area contributed by atoms with Crippen molar-refractivity contribution in [3.05, 3.63) is 23.8 Å². The van der Waals surface area contributed by atoms with Crippen molar-refractivity contribution in [1.82, 2.24) is 10.2 Å². The van der Waals surface area contributed by atoms with Crippen LogP contribution < -0.4 is 10.1 Å². The number of hydrogen-bond donors (Lipinski definition) is 2. The number of benzene rings is 1. The van der Waals surface area contributed by atoms with Gasteiger partial charge in [-0.15, -0.1) is 0 Å². The van der Waals surface area contributed by atoms with Crippen LogP contribution in [0.5, 0.6) is 11.5 Å². The molecule has 2 N–H and O–H groups in total. The lowest BCUT2D eigenvalue weighted by Crippen LogP contribution is -2.39. The second-order valence-electron chi connectivity index (χ2n) is 4.83. The molecule has 118 valence electrons. The Hall–Kier alpha value is -1.91. The zero-order chi connectivity index (χ0) is 15.7. The molecule has 0 unspecified atom stereocenters. The second-order valence-corrected chi connectivity index (χ2v) is 4.83. The van der Waals surface area contributed by atoms with Crippen molar-refractivity contribution >= 4 is 6.03 Å². The first-order valence-corrected chi connectivity index (χ1v) is 7.59. The van der Waals surface area contributed by atoms with E-state index >= 15 is 0 Å². The number of ether oxygens (including phenoxy) is 1. The van der Waals surface area contributed by atoms with E-state index in [0.29, 0.717) is 32.0 Å². The van der Waals surface area contributed by atoms with E-state index in [1.807, 2.05) is 13.8 Å². The Labute approximate surface area is 126 Å². The van der Waals surface area contributed by atoms with E-state index in [9.17, 15) is 9.90 Å². The molecule has 1 aromatic carbocycles. The molecule has 0 aromatic heterocycles. The lowest BCUT2D eigenvalue weighted by molar-refractivity contribution is 0.198. The van der Waals surface area contributed by atoms with Crippen LogP contribution in [0.4, 0.5) is 4.79 Å². The van der Waals surface area contributed by atoms with Gasteiger partial charge in [-0.25, -0.2) is 4.79 Å². The predicted molar refractivity (Wildman–Crippen MR) is 83.7 cm³/mol. The summed E-state index contributed by atoms with van der Waals surface area (Å²) >= 11 is 0. The summed E-state index contributed by atoms with van der Waals surface area (Å²) < 4.78 is 5.36. The van der Waals surface area contributed by atoms with Crippen LogP contribution in [-0.2, 0) is 6.54 Å². The van der Waals surface area contributed by atoms with Crippen LogP contribution in [-0.4, -0.2) is 35.7 Å². The third-order valence-corrected chi connectivity index (χ3v) is 3.17. The van der Waals surface area contributed by atoms with Crippen molar-refractivity contribution in [3.63, 3.8) is 0 Å². The van der Waals surface area contributed by atoms with Crippen molar-refractivity contribution in [3.8, 4) is 11.5 Å². The highest BCUT2D eigenvalue weighted by Crippen LogP contribution is 2.27. The molecule has 0 bridgehead atoms. The van der Waals surface area contributed by atoms with Gasteiger partial charge in [-0.2, -0.15) is 0 Å². The summed E-state index contributed by atoms with van der Waals surface area (Å²) in [5, 5.41) is 12.6. The molecule has 21 heavy (non-hydrogen) atoms. The number of amides is 2. The number of urea groups is 1. The first-order valence-electron chi connectivity index (χ1n) is 7.59. The Morgan fingerprint density at radius 3 is 2.71 bits per heavy atom. The Morgan fingerprint density at radius 2 is 2.10 bits per heavy atom. The largest absolute Gasteiger partial charge is 0.504 e. The second kappa shape index (κ2) is 9.10. The van der Waals surface area contributed by atoms with Gasteiger partial charge < -0.3 is 20.1 Å². The van der Waals surface area contributed by atoms with Gasteiger partial charge in [0.05, 0.1) is 6.61 Å². The monoisotopic (exact) mass is 294 g/mol. The van der Waals surface area contributed by atoms with Gasteiger partial charge in [-0.1, -0.05) is 19.4 Å². The summed E-state index contributed by atoms with van der Waals surface area (Å²) in [4.78, 5) is 13.8. The Morgan fingerprint density at radius 1 is 1.33 bits per heavy atom. The van der Waals surface area contributed by atoms with E-state index < -0.39 is 0 Å². The molecular formula is C16H26N2O3. The number of rotatable bonds is 8. The summed E-state index contributed by atoms with van der Waals surface area (Å²) in [7, 11) is 0. The molecule has 1 rings (SSSR count). The molecule has 5 heteroatoms. The van der Waals surface area contributed by atoms with E-state index in [-0.39, 0.29) is 11.8 Å². The quantitative estimate of drug-likeness (QED) is 0.724. The van der Waals surface area contributed by atoms with Gasteiger partial charge in [0.15, 0.2) is 11.5 Å². The van der Waals surface area contributed by atoms with Gasteiger partial charge in [-0.3, -0.25) is 0 Å². The lowest BCUT2D eigenvalue weighted by Gasteiger charge is -2.22. The lowest BCUT2D eigenvalue weighted by atomic mass is 10.2. The number of carbonyl (C=O) groups is 1. The van der Waals surface area contributed by atoms with Gasteiger partial charge in [0, 0.05) is 19.6 Å². The Bertz CT molecular complexity index is 449. The highest BCUT2D eigenvalue weighted by molar-refractivity contribution is 5.74. The van der Waals surface area contributed by atoms with Crippen molar-refractivity contribution in [2.24, 2.45) is 0 Å². The first-order chi connectivity index (χ1) is 10.1. The summed E-state index contributed by atoms with van der Waals surface area (Å²) in [6, 6.07) is 5.13. The zero-order valence-corrected chi connectivity index (χ0v) is 13.2. The Balaban J connectivity index is 2.68. The number of carbonyl (C=O) groups excluding carboxylic acids is 1. The van der Waals surface area contributed by atoms with Crippen LogP contribution in [0.25, 0.3) is 0 Å². The van der Waals surface area contributed by atoms with E-state index in [2.05, 4.69) is 12.2 Å². The van der Waals surface area contributed by atoms with Gasteiger partial charge in [-0.05, 0) is 38.0 Å². The number of unbranched alkanes of at least 4 members (excludes halogenated alkanes) is 1. The fourth-order valence-corrected chi connectivity index (χ4v) is 1.96. The fourth-order valence-electron chi connectivity index (χ4n) is 1.96. The van der Waals surface area contributed by atoms with Gasteiger partial charge >= 0.3 is 6.03 Å². The average molecular weight is 294 g/mol. The first kappa shape index (κ1) is 17.1. The number of phenolic OH excluding ortho intramolecular Hbond substituents is 1. The maximum Gasteiger partial charge on any atom is 0.317 e. The number of hydrogen-bond acceptors (Lipinski definition) is 3. The standard InChI is InChI=1S/C16H26N2O3/c1-4-7-10-17-16(20)18(5-2)12-13-8-9-14(19)15(11-13)21-6-3/h8-9,11,19H,4-7,10,12H2,1-3H3,(H,17,20). The van der Waals surface area contributed by atoms with Gasteiger partial charge in [0.2, 0.25) is 0 Å². The van der Waals surface area contributed by atoms with E-state index in [4.69, 9.17) is 4.74 Å². The molecule has 0 saturated carbocycles. The Kier molecular flexibility index (Phi) is 7.43. The zero-order valence-electron chi connectivity index (χ0n) is 13.2. The highest BCUT2D eigenvalue weighted by Gasteiger charge is 2.12. The molecule has 0 aliphatic heterocycles. The van der Waals surface area contributed by atoms with Crippen molar-refractivity contribution in [1.29, 1.82) is 0 Å². The molecular weight excluding hydrogens is 268 g/mol. The summed E-state index contributed by atoms with van der Waals surface area (Å²) in [5.41, 5.74) is 0.934. The summed E-state index contributed by atoms with van der Waals surface area (Å²) in [6.07, 6.45) is 2.04. The van der Waals surface area contributed by atoms with Crippen LogP contribution in [0, 0.1) is 0 Å². The predicted octanol–water partition coefficient (Wildman–Crippen LogP) is 3.12. The molecule has 5 nitrogen and oxygen atoms in total. The maximum absolute atomic E-state index is 12.1. The molecule has 0 radical (unpaired) electrons. The molecule has 0 saturated heterocycles. The molecule has 0 atom stereocenters. The smallest absolute Gasteiger partial charge is 0.317 e. The minimum Gasteiger partial charge on any atom is -0.504 e. The van der Waals surface area contributed by atoms with E-state index in [1.54, 1.807) is 23.1 Å². The molecule has 0 spiro atoms. The molecule has 2 amide bonds. The van der Waals surface area contributed by atoms with Crippen LogP contribution >= 0.6 is 0 Å². The maximum atomic E-state index is 12.1. The van der Waals surface area contributed by atoms with E-state index in [0.717, 1.165) is 18.4 Å². The number of nitrogens with zero attached hydrogens (tertiary/aromatic N) is 1. The van der Waals surface area contributed by atoms with Crippen LogP contribution in [0.2, 0.25) is 0 Å². The van der Waals surface area contributed by atoms with Crippen LogP contribution in [0.3, 0.4) is 0 Å². The molecule has 0 fully saturated rings.